The van der Waals surface area contributed by atoms with Crippen LogP contribution < -0.4 is 0 Å². The van der Waals surface area contributed by atoms with Crippen LogP contribution in [0, 0.1) is 11.3 Å². The van der Waals surface area contributed by atoms with Crippen LogP contribution in [0.2, 0.25) is 0 Å². The molecule has 0 N–H and O–H groups in total. The minimum absolute atomic E-state index is 0.256. The standard InChI is InChI=1S/C15H25NO3S/c1-3-18-15(19-4-2)13-20-14(12-17)10-8-6-5-7-9-11-16/h10,12,15H,3-9,13H2,1-2H3. The SMILES string of the molecule is CCOC(CSC(C=O)=CCCCCCC#N)OCC. The highest BCUT2D eigenvalue weighted by molar-refractivity contribution is 8.03. The second kappa shape index (κ2) is 14.6. The Balaban J connectivity index is 3.93. The molecule has 0 unspecified atom stereocenters. The van der Waals surface area contributed by atoms with E-state index in [1.165, 1.54) is 11.8 Å². The van der Waals surface area contributed by atoms with Crippen LogP contribution in [0.15, 0.2) is 11.0 Å². The molecule has 114 valence electrons. The van der Waals surface area contributed by atoms with Crippen molar-refractivity contribution in [2.24, 2.45) is 0 Å². The Morgan fingerprint density at radius 2 is 1.95 bits per heavy atom. The summed E-state index contributed by atoms with van der Waals surface area (Å²) in [7, 11) is 0. The summed E-state index contributed by atoms with van der Waals surface area (Å²) in [4.78, 5) is 11.7. The van der Waals surface area contributed by atoms with Crippen LogP contribution in [-0.2, 0) is 14.3 Å². The van der Waals surface area contributed by atoms with Gasteiger partial charge in [0.05, 0.1) is 6.07 Å². The van der Waals surface area contributed by atoms with Gasteiger partial charge >= 0.3 is 0 Å². The molecule has 0 aromatic rings. The van der Waals surface area contributed by atoms with Crippen molar-refractivity contribution >= 4 is 18.0 Å². The van der Waals surface area contributed by atoms with Gasteiger partial charge in [0.2, 0.25) is 0 Å². The van der Waals surface area contributed by atoms with Gasteiger partial charge in [-0.2, -0.15) is 5.26 Å². The van der Waals surface area contributed by atoms with Crippen LogP contribution in [0.1, 0.15) is 46.0 Å². The third-order valence-electron chi connectivity index (χ3n) is 2.55. The molecule has 20 heavy (non-hydrogen) atoms. The molecular formula is C15H25NO3S. The van der Waals surface area contributed by atoms with Crippen molar-refractivity contribution in [1.29, 1.82) is 5.26 Å². The first-order chi connectivity index (χ1) is 9.78. The van der Waals surface area contributed by atoms with Crippen LogP contribution in [-0.4, -0.2) is 31.5 Å². The third-order valence-corrected chi connectivity index (χ3v) is 3.58. The van der Waals surface area contributed by atoms with Gasteiger partial charge in [0.1, 0.15) is 0 Å². The van der Waals surface area contributed by atoms with E-state index in [0.717, 1.165) is 36.9 Å². The largest absolute Gasteiger partial charge is 0.352 e. The first kappa shape index (κ1) is 19.2. The third kappa shape index (κ3) is 11.0. The summed E-state index contributed by atoms with van der Waals surface area (Å²) >= 11 is 1.47. The van der Waals surface area contributed by atoms with Crippen molar-refractivity contribution in [3.8, 4) is 6.07 Å². The Labute approximate surface area is 126 Å². The predicted octanol–water partition coefficient (Wildman–Crippen LogP) is 3.68. The summed E-state index contributed by atoms with van der Waals surface area (Å²) in [6.45, 7) is 5.05. The zero-order chi connectivity index (χ0) is 15.1. The van der Waals surface area contributed by atoms with E-state index in [1.807, 2.05) is 19.9 Å². The van der Waals surface area contributed by atoms with Crippen LogP contribution in [0.3, 0.4) is 0 Å². The molecule has 0 aliphatic rings. The molecule has 0 radical (unpaired) electrons. The fraction of sp³-hybridized carbons (Fsp3) is 0.733. The lowest BCUT2D eigenvalue weighted by Crippen LogP contribution is -2.20. The molecule has 0 bridgehead atoms. The van der Waals surface area contributed by atoms with Gasteiger partial charge < -0.3 is 9.47 Å². The molecule has 0 saturated carbocycles. The molecule has 5 heteroatoms. The topological polar surface area (TPSA) is 59.3 Å². The number of carbonyl (C=O) groups excluding carboxylic acids is 1. The molecule has 0 aromatic carbocycles. The molecule has 0 heterocycles. The van der Waals surface area contributed by atoms with Gasteiger partial charge in [0.15, 0.2) is 12.6 Å². The van der Waals surface area contributed by atoms with E-state index in [4.69, 9.17) is 14.7 Å². The van der Waals surface area contributed by atoms with Crippen molar-refractivity contribution in [2.75, 3.05) is 19.0 Å². The Bertz CT molecular complexity index is 307. The van der Waals surface area contributed by atoms with E-state index in [9.17, 15) is 4.79 Å². The van der Waals surface area contributed by atoms with E-state index in [2.05, 4.69) is 6.07 Å². The van der Waals surface area contributed by atoms with Crippen molar-refractivity contribution in [3.05, 3.63) is 11.0 Å². The number of aldehydes is 1. The number of nitrogens with zero attached hydrogens (tertiary/aromatic N) is 1. The van der Waals surface area contributed by atoms with Crippen LogP contribution in [0.5, 0.6) is 0 Å². The Kier molecular flexibility index (Phi) is 14.0. The minimum atomic E-state index is -0.256. The van der Waals surface area contributed by atoms with Crippen molar-refractivity contribution in [3.63, 3.8) is 0 Å². The van der Waals surface area contributed by atoms with Gasteiger partial charge in [-0.3, -0.25) is 4.79 Å². The highest BCUT2D eigenvalue weighted by Crippen LogP contribution is 2.18. The van der Waals surface area contributed by atoms with E-state index in [-0.39, 0.29) is 6.29 Å². The normalized spacial score (nSPS) is 11.6. The van der Waals surface area contributed by atoms with Gasteiger partial charge in [-0.15, -0.1) is 11.8 Å². The smallest absolute Gasteiger partial charge is 0.166 e. The first-order valence-corrected chi connectivity index (χ1v) is 8.15. The number of unbranched alkanes of at least 4 members (excludes halogenated alkanes) is 4. The van der Waals surface area contributed by atoms with E-state index in [1.54, 1.807) is 0 Å². The highest BCUT2D eigenvalue weighted by atomic mass is 32.2. The fourth-order valence-electron chi connectivity index (χ4n) is 1.59. The molecule has 4 nitrogen and oxygen atoms in total. The van der Waals surface area contributed by atoms with Gasteiger partial charge in [-0.25, -0.2) is 0 Å². The van der Waals surface area contributed by atoms with Crippen LogP contribution in [0.25, 0.3) is 0 Å². The number of hydrogen-bond donors (Lipinski definition) is 0. The molecule has 0 saturated heterocycles. The molecule has 0 aliphatic heterocycles. The number of carbonyl (C=O) groups is 1. The molecule has 0 fully saturated rings. The summed E-state index contributed by atoms with van der Waals surface area (Å²) in [6.07, 6.45) is 7.05. The van der Waals surface area contributed by atoms with Gasteiger partial charge in [-0.1, -0.05) is 12.5 Å². The fourth-order valence-corrected chi connectivity index (χ4v) is 2.42. The van der Waals surface area contributed by atoms with Crippen LogP contribution >= 0.6 is 11.8 Å². The molecule has 0 atom stereocenters. The Morgan fingerprint density at radius 3 is 2.50 bits per heavy atom. The number of thioether (sulfide) groups is 1. The number of hydrogen-bond acceptors (Lipinski definition) is 5. The lowest BCUT2D eigenvalue weighted by atomic mass is 10.1. The predicted molar refractivity (Wildman–Crippen MR) is 82.3 cm³/mol. The molecule has 0 spiro atoms. The lowest BCUT2D eigenvalue weighted by Gasteiger charge is -2.16. The Hall–Kier alpha value is -0.830. The van der Waals surface area contributed by atoms with Gasteiger partial charge in [-0.05, 0) is 33.1 Å². The quantitative estimate of drug-likeness (QED) is 0.225. The Morgan fingerprint density at radius 1 is 1.25 bits per heavy atom. The molecule has 0 aromatic heterocycles. The van der Waals surface area contributed by atoms with E-state index < -0.39 is 0 Å². The van der Waals surface area contributed by atoms with Crippen LogP contribution in [0.4, 0.5) is 0 Å². The molecule has 0 amide bonds. The number of nitriles is 1. The highest BCUT2D eigenvalue weighted by Gasteiger charge is 2.09. The van der Waals surface area contributed by atoms with Gasteiger partial charge in [0.25, 0.3) is 0 Å². The maximum atomic E-state index is 11.0. The van der Waals surface area contributed by atoms with Crippen molar-refractivity contribution in [2.45, 2.75) is 52.2 Å². The lowest BCUT2D eigenvalue weighted by molar-refractivity contribution is -0.120. The maximum Gasteiger partial charge on any atom is 0.166 e. The summed E-state index contributed by atoms with van der Waals surface area (Å²) in [6, 6.07) is 2.13. The summed E-state index contributed by atoms with van der Waals surface area (Å²) in [5.41, 5.74) is 0. The van der Waals surface area contributed by atoms with Crippen molar-refractivity contribution in [1.82, 2.24) is 0 Å². The second-order valence-corrected chi connectivity index (χ2v) is 5.23. The molecular weight excluding hydrogens is 274 g/mol. The number of ether oxygens (including phenoxy) is 2. The van der Waals surface area contributed by atoms with Gasteiger partial charge in [0, 0.05) is 30.3 Å². The van der Waals surface area contributed by atoms with E-state index in [0.29, 0.717) is 25.4 Å². The minimum Gasteiger partial charge on any atom is -0.352 e. The summed E-state index contributed by atoms with van der Waals surface area (Å²) in [5.74, 6) is 0.626. The average Bonchev–Trinajstić information content (AvgIpc) is 2.46. The average molecular weight is 299 g/mol. The zero-order valence-corrected chi connectivity index (χ0v) is 13.3. The summed E-state index contributed by atoms with van der Waals surface area (Å²) in [5, 5.41) is 8.42. The monoisotopic (exact) mass is 299 g/mol. The number of rotatable bonds is 13. The second-order valence-electron chi connectivity index (χ2n) is 4.13. The zero-order valence-electron chi connectivity index (χ0n) is 12.5. The van der Waals surface area contributed by atoms with E-state index >= 15 is 0 Å². The maximum absolute atomic E-state index is 11.0. The summed E-state index contributed by atoms with van der Waals surface area (Å²) < 4.78 is 10.9. The van der Waals surface area contributed by atoms with Crippen molar-refractivity contribution < 1.29 is 14.3 Å². The first-order valence-electron chi connectivity index (χ1n) is 7.16. The number of allylic oxidation sites excluding steroid dienone is 2. The molecule has 0 rings (SSSR count). The molecule has 0 aliphatic carbocycles.